The van der Waals surface area contributed by atoms with E-state index in [0.717, 1.165) is 37.9 Å². The Kier molecular flexibility index (Phi) is 7.19. The molecule has 0 amide bonds. The van der Waals surface area contributed by atoms with E-state index in [-0.39, 0.29) is 0 Å². The summed E-state index contributed by atoms with van der Waals surface area (Å²) in [7, 11) is 1.87. The Morgan fingerprint density at radius 1 is 1.17 bits per heavy atom. The maximum Gasteiger partial charge on any atom is 0.193 e. The maximum absolute atomic E-state index is 5.74. The van der Waals surface area contributed by atoms with Crippen LogP contribution in [0.2, 0.25) is 0 Å². The fraction of sp³-hybridized carbons (Fsp3) is 0.500. The smallest absolute Gasteiger partial charge is 0.193 e. The van der Waals surface area contributed by atoms with Gasteiger partial charge in [0.05, 0.1) is 12.7 Å². The number of hydrogen-bond donors (Lipinski definition) is 1. The van der Waals surface area contributed by atoms with Crippen LogP contribution in [-0.2, 0) is 6.54 Å². The average Bonchev–Trinajstić information content (AvgIpc) is 2.80. The monoisotopic (exact) mass is 407 g/mol. The summed E-state index contributed by atoms with van der Waals surface area (Å²) < 4.78 is 5.74. The molecule has 2 saturated heterocycles. The number of nitrogens with zero attached hydrogens (tertiary/aromatic N) is 4. The van der Waals surface area contributed by atoms with Gasteiger partial charge in [0.15, 0.2) is 5.96 Å². The summed E-state index contributed by atoms with van der Waals surface area (Å²) >= 11 is 0. The number of aliphatic imine (C=N–C) groups is 1. The molecule has 0 spiro atoms. The van der Waals surface area contributed by atoms with Crippen LogP contribution in [0.5, 0.6) is 5.75 Å². The number of rotatable bonds is 6. The van der Waals surface area contributed by atoms with Crippen LogP contribution < -0.4 is 10.1 Å². The van der Waals surface area contributed by atoms with Crippen LogP contribution in [0.4, 0.5) is 0 Å². The van der Waals surface area contributed by atoms with Crippen LogP contribution in [0.3, 0.4) is 0 Å². The second-order valence-corrected chi connectivity index (χ2v) is 8.17. The van der Waals surface area contributed by atoms with Crippen LogP contribution in [0.25, 0.3) is 0 Å². The van der Waals surface area contributed by atoms with Crippen LogP contribution in [0, 0.1) is 5.92 Å². The van der Waals surface area contributed by atoms with Crippen molar-refractivity contribution in [1.82, 2.24) is 20.1 Å². The molecule has 2 unspecified atom stereocenters. The van der Waals surface area contributed by atoms with E-state index in [2.05, 4.69) is 55.4 Å². The van der Waals surface area contributed by atoms with Crippen molar-refractivity contribution in [2.24, 2.45) is 10.9 Å². The van der Waals surface area contributed by atoms with Crippen molar-refractivity contribution in [3.63, 3.8) is 0 Å². The SMILES string of the molecule is CN=C(NCCOc1cccnc1)N1CCC2C(CCCN2Cc2ccccc2)C1. The molecule has 2 aromatic rings. The third-order valence-electron chi connectivity index (χ3n) is 6.21. The molecule has 160 valence electrons. The van der Waals surface area contributed by atoms with Gasteiger partial charge in [-0.2, -0.15) is 0 Å². The molecule has 2 aliphatic heterocycles. The first kappa shape index (κ1) is 20.7. The lowest BCUT2D eigenvalue weighted by atomic mass is 9.83. The second-order valence-electron chi connectivity index (χ2n) is 8.17. The van der Waals surface area contributed by atoms with Crippen molar-refractivity contribution >= 4 is 5.96 Å². The summed E-state index contributed by atoms with van der Waals surface area (Å²) in [5.74, 6) is 2.50. The molecule has 0 radical (unpaired) electrons. The zero-order valence-corrected chi connectivity index (χ0v) is 17.9. The van der Waals surface area contributed by atoms with Gasteiger partial charge in [-0.05, 0) is 49.4 Å². The molecule has 0 bridgehead atoms. The average molecular weight is 408 g/mol. The highest BCUT2D eigenvalue weighted by atomic mass is 16.5. The first-order valence-corrected chi connectivity index (χ1v) is 11.1. The molecule has 2 aliphatic rings. The molecule has 2 fully saturated rings. The molecule has 1 aromatic carbocycles. The number of hydrogen-bond acceptors (Lipinski definition) is 4. The van der Waals surface area contributed by atoms with Crippen LogP contribution in [-0.4, -0.2) is 66.6 Å². The van der Waals surface area contributed by atoms with E-state index in [1.54, 1.807) is 12.4 Å². The van der Waals surface area contributed by atoms with Crippen LogP contribution >= 0.6 is 0 Å². The van der Waals surface area contributed by atoms with E-state index >= 15 is 0 Å². The molecule has 1 aromatic heterocycles. The number of piperidine rings is 2. The molecule has 0 saturated carbocycles. The van der Waals surface area contributed by atoms with Crippen molar-refractivity contribution in [1.29, 1.82) is 0 Å². The van der Waals surface area contributed by atoms with Crippen molar-refractivity contribution in [3.8, 4) is 5.75 Å². The summed E-state index contributed by atoms with van der Waals surface area (Å²) in [6.45, 7) is 5.74. The van der Waals surface area contributed by atoms with Gasteiger partial charge < -0.3 is 15.0 Å². The number of benzene rings is 1. The number of likely N-dealkylation sites (tertiary alicyclic amines) is 2. The molecule has 2 atom stereocenters. The quantitative estimate of drug-likeness (QED) is 0.453. The second kappa shape index (κ2) is 10.4. The molecular formula is C24H33N5O. The van der Waals surface area contributed by atoms with Gasteiger partial charge in [-0.15, -0.1) is 0 Å². The van der Waals surface area contributed by atoms with Gasteiger partial charge in [0.2, 0.25) is 0 Å². The summed E-state index contributed by atoms with van der Waals surface area (Å²) in [6, 6.07) is 15.4. The van der Waals surface area contributed by atoms with E-state index in [1.807, 2.05) is 19.2 Å². The molecule has 4 rings (SSSR count). The summed E-state index contributed by atoms with van der Waals surface area (Å²) in [4.78, 5) is 13.7. The standard InChI is InChI=1S/C24H33N5O/c1-25-24(27-13-16-30-22-10-5-12-26-17-22)29-15-11-23-21(19-29)9-6-14-28(23)18-20-7-3-2-4-8-20/h2-5,7-8,10,12,17,21,23H,6,9,11,13-16,18-19H2,1H3,(H,25,27). The Balaban J connectivity index is 1.27. The van der Waals surface area contributed by atoms with Gasteiger partial charge in [0.1, 0.15) is 12.4 Å². The summed E-state index contributed by atoms with van der Waals surface area (Å²) in [5.41, 5.74) is 1.42. The summed E-state index contributed by atoms with van der Waals surface area (Å²) in [6.07, 6.45) is 7.29. The zero-order chi connectivity index (χ0) is 20.6. The Morgan fingerprint density at radius 2 is 2.07 bits per heavy atom. The predicted molar refractivity (Wildman–Crippen MR) is 121 cm³/mol. The summed E-state index contributed by atoms with van der Waals surface area (Å²) in [5, 5.41) is 3.47. The van der Waals surface area contributed by atoms with Gasteiger partial charge >= 0.3 is 0 Å². The lowest BCUT2D eigenvalue weighted by molar-refractivity contribution is 0.0372. The molecular weight excluding hydrogens is 374 g/mol. The Morgan fingerprint density at radius 3 is 2.87 bits per heavy atom. The molecule has 1 N–H and O–H groups in total. The number of ether oxygens (including phenoxy) is 1. The van der Waals surface area contributed by atoms with Crippen molar-refractivity contribution in [2.75, 3.05) is 39.8 Å². The number of nitrogens with one attached hydrogen (secondary N) is 1. The highest BCUT2D eigenvalue weighted by molar-refractivity contribution is 5.80. The normalized spacial score (nSPS) is 22.4. The molecule has 6 heteroatoms. The molecule has 3 heterocycles. The van der Waals surface area contributed by atoms with Gasteiger partial charge in [-0.1, -0.05) is 30.3 Å². The van der Waals surface area contributed by atoms with Crippen LogP contribution in [0.15, 0.2) is 59.9 Å². The fourth-order valence-electron chi connectivity index (χ4n) is 4.81. The van der Waals surface area contributed by atoms with Gasteiger partial charge in [-0.3, -0.25) is 14.9 Å². The Labute approximate surface area is 180 Å². The van der Waals surface area contributed by atoms with E-state index < -0.39 is 0 Å². The molecule has 0 aliphatic carbocycles. The zero-order valence-electron chi connectivity index (χ0n) is 17.9. The number of aromatic nitrogens is 1. The number of fused-ring (bicyclic) bond motifs is 1. The minimum Gasteiger partial charge on any atom is -0.490 e. The van der Waals surface area contributed by atoms with Gasteiger partial charge in [0.25, 0.3) is 0 Å². The van der Waals surface area contributed by atoms with E-state index in [4.69, 9.17) is 4.74 Å². The van der Waals surface area contributed by atoms with Crippen LogP contribution in [0.1, 0.15) is 24.8 Å². The molecule has 6 nitrogen and oxygen atoms in total. The minimum absolute atomic E-state index is 0.593. The topological polar surface area (TPSA) is 53.0 Å². The highest BCUT2D eigenvalue weighted by Crippen LogP contribution is 2.31. The van der Waals surface area contributed by atoms with E-state index in [0.29, 0.717) is 18.6 Å². The molecule has 30 heavy (non-hydrogen) atoms. The van der Waals surface area contributed by atoms with Crippen molar-refractivity contribution in [2.45, 2.75) is 31.8 Å². The first-order valence-electron chi connectivity index (χ1n) is 11.1. The first-order chi connectivity index (χ1) is 14.8. The minimum atomic E-state index is 0.593. The highest BCUT2D eigenvalue weighted by Gasteiger charge is 2.36. The predicted octanol–water partition coefficient (Wildman–Crippen LogP) is 3.02. The van der Waals surface area contributed by atoms with Crippen molar-refractivity contribution in [3.05, 3.63) is 60.4 Å². The van der Waals surface area contributed by atoms with Crippen molar-refractivity contribution < 1.29 is 4.74 Å². The number of guanidine groups is 1. The third kappa shape index (κ3) is 5.30. The van der Waals surface area contributed by atoms with E-state index in [1.165, 1.54) is 31.4 Å². The van der Waals surface area contributed by atoms with Gasteiger partial charge in [-0.25, -0.2) is 0 Å². The Bertz CT molecular complexity index is 798. The third-order valence-corrected chi connectivity index (χ3v) is 6.21. The lowest BCUT2D eigenvalue weighted by Crippen LogP contribution is -2.56. The van der Waals surface area contributed by atoms with Gasteiger partial charge in [0, 0.05) is 38.9 Å². The Hall–Kier alpha value is -2.60. The maximum atomic E-state index is 5.74. The van der Waals surface area contributed by atoms with E-state index in [9.17, 15) is 0 Å². The lowest BCUT2D eigenvalue weighted by Gasteiger charge is -2.48. The largest absolute Gasteiger partial charge is 0.490 e. The fourth-order valence-corrected chi connectivity index (χ4v) is 4.81. The number of pyridine rings is 1.